The van der Waals surface area contributed by atoms with Crippen LogP contribution in [-0.4, -0.2) is 58.1 Å². The molecule has 0 aromatic heterocycles. The number of Topliss-reactive ketones (excluding diaryl/α,β-unsaturated/α-hetero) is 1. The van der Waals surface area contributed by atoms with Crippen LogP contribution < -0.4 is 11.0 Å². The van der Waals surface area contributed by atoms with Crippen molar-refractivity contribution in [3.8, 4) is 0 Å². The molecule has 2 unspecified atom stereocenters. The van der Waals surface area contributed by atoms with Gasteiger partial charge in [-0.15, -0.1) is 0 Å². The predicted molar refractivity (Wildman–Crippen MR) is 91.6 cm³/mol. The third-order valence-electron chi connectivity index (χ3n) is 2.94. The second-order valence-corrected chi connectivity index (χ2v) is 9.34. The van der Waals surface area contributed by atoms with Gasteiger partial charge >= 0.3 is 0 Å². The summed E-state index contributed by atoms with van der Waals surface area (Å²) in [6.45, 7) is -0.796. The van der Waals surface area contributed by atoms with E-state index in [2.05, 4.69) is 0 Å². The summed E-state index contributed by atoms with van der Waals surface area (Å²) in [5.74, 6) is -2.53. The van der Waals surface area contributed by atoms with Gasteiger partial charge in [0.2, 0.25) is 15.6 Å². The number of rotatable bonds is 3. The molecule has 12 nitrogen and oxygen atoms in total. The second-order valence-electron chi connectivity index (χ2n) is 4.78. The largest absolute Gasteiger partial charge is 0.293 e. The van der Waals surface area contributed by atoms with E-state index in [0.717, 1.165) is 0 Å². The summed E-state index contributed by atoms with van der Waals surface area (Å²) < 4.78 is -5.07. The highest BCUT2D eigenvalue weighted by molar-refractivity contribution is 6.77. The number of carbonyl (C=O) groups excluding carboxylic acids is 2. The van der Waals surface area contributed by atoms with Crippen molar-refractivity contribution in [2.75, 3.05) is 6.54 Å². The molecule has 2 atom stereocenters. The van der Waals surface area contributed by atoms with Crippen LogP contribution >= 0.6 is 69.6 Å². The van der Waals surface area contributed by atoms with Crippen LogP contribution in [0.2, 0.25) is 0 Å². The Kier molecular flexibility index (Phi) is 7.76. The van der Waals surface area contributed by atoms with E-state index in [9.17, 15) is 29.8 Å². The van der Waals surface area contributed by atoms with E-state index >= 15 is 0 Å². The number of hydrogen-bond donors (Lipinski definition) is 2. The van der Waals surface area contributed by atoms with Crippen LogP contribution in [0.25, 0.3) is 0 Å². The molecule has 1 aliphatic rings. The number of nitro groups is 2. The van der Waals surface area contributed by atoms with Gasteiger partial charge in [0.25, 0.3) is 9.70 Å². The van der Waals surface area contributed by atoms with Gasteiger partial charge in [-0.1, -0.05) is 75.1 Å². The zero-order chi connectivity index (χ0) is 20.4. The van der Waals surface area contributed by atoms with Crippen molar-refractivity contribution in [1.29, 1.82) is 0 Å². The van der Waals surface area contributed by atoms with Crippen molar-refractivity contribution < 1.29 is 19.5 Å². The first kappa shape index (κ1) is 23.4. The van der Waals surface area contributed by atoms with Crippen molar-refractivity contribution in [2.24, 2.45) is 0 Å². The van der Waals surface area contributed by atoms with Gasteiger partial charge in [0.05, 0.1) is 0 Å². The van der Waals surface area contributed by atoms with Crippen LogP contribution in [0.5, 0.6) is 0 Å². The maximum absolute atomic E-state index is 12.1. The van der Waals surface area contributed by atoms with Gasteiger partial charge in [-0.2, -0.15) is 5.43 Å². The summed E-state index contributed by atoms with van der Waals surface area (Å²) in [7, 11) is 0. The van der Waals surface area contributed by atoms with Crippen LogP contribution in [0.1, 0.15) is 6.42 Å². The summed E-state index contributed by atoms with van der Waals surface area (Å²) in [5, 5.41) is 21.5. The first-order chi connectivity index (χ1) is 11.6. The van der Waals surface area contributed by atoms with Crippen LogP contribution in [0.4, 0.5) is 0 Å². The standard InChI is InChI=1S/C8H8Cl6N6O6/c9-7(10,11)5(21)4-1-3(18(23)24)2-17(6(22)8(12,13)14)16-19(15-4)20(25)26/h3-4,15-16H,1-2H2. The Hall–Kier alpha value is -0.600. The van der Waals surface area contributed by atoms with E-state index in [1.165, 1.54) is 0 Å². The minimum atomic E-state index is -2.57. The van der Waals surface area contributed by atoms with Gasteiger partial charge in [0, 0.05) is 16.6 Å². The van der Waals surface area contributed by atoms with Gasteiger partial charge in [0.15, 0.2) is 5.03 Å². The van der Waals surface area contributed by atoms with E-state index in [-0.39, 0.29) is 5.23 Å². The van der Waals surface area contributed by atoms with Crippen molar-refractivity contribution in [2.45, 2.75) is 26.1 Å². The SMILES string of the molecule is O=C(C1CC([N+](=O)[O-])CN(C(=O)C(Cl)(Cl)Cl)NN([N+](=O)[O-])N1)C(Cl)(Cl)Cl. The third kappa shape index (κ3) is 6.23. The molecular formula is C8H8Cl6N6O6. The van der Waals surface area contributed by atoms with Crippen LogP contribution in [-0.2, 0) is 9.59 Å². The van der Waals surface area contributed by atoms with E-state index in [4.69, 9.17) is 69.6 Å². The fourth-order valence-corrected chi connectivity index (χ4v) is 2.52. The number of nitrogens with zero attached hydrogens (tertiary/aromatic N) is 4. The van der Waals surface area contributed by atoms with E-state index in [1.807, 2.05) is 11.0 Å². The second kappa shape index (κ2) is 8.61. The summed E-state index contributed by atoms with van der Waals surface area (Å²) >= 11 is 32.6. The molecule has 1 fully saturated rings. The first-order valence-corrected chi connectivity index (χ1v) is 8.51. The summed E-state index contributed by atoms with van der Waals surface area (Å²) in [6.07, 6.45) is -0.671. The summed E-state index contributed by atoms with van der Waals surface area (Å²) in [6, 6.07) is -3.28. The Morgan fingerprint density at radius 1 is 1.04 bits per heavy atom. The molecule has 0 aromatic rings. The van der Waals surface area contributed by atoms with E-state index in [1.54, 1.807) is 0 Å². The quantitative estimate of drug-likeness (QED) is 0.330. The van der Waals surface area contributed by atoms with Crippen LogP contribution in [0.15, 0.2) is 0 Å². The minimum absolute atomic E-state index is 0.0521. The highest BCUT2D eigenvalue weighted by atomic mass is 35.6. The molecule has 1 aliphatic heterocycles. The van der Waals surface area contributed by atoms with Gasteiger partial charge in [-0.05, 0) is 0 Å². The number of hydrogen-bond acceptors (Lipinski definition) is 8. The van der Waals surface area contributed by atoms with E-state index in [0.29, 0.717) is 5.01 Å². The Morgan fingerprint density at radius 2 is 1.58 bits per heavy atom. The molecule has 0 bridgehead atoms. The van der Waals surface area contributed by atoms with Crippen LogP contribution in [0.3, 0.4) is 0 Å². The fraction of sp³-hybridized carbons (Fsp3) is 0.750. The Labute approximate surface area is 174 Å². The predicted octanol–water partition coefficient (Wildman–Crippen LogP) is 0.960. The molecule has 18 heteroatoms. The number of hydrazine groups is 4. The number of carbonyl (C=O) groups is 2. The topological polar surface area (TPSA) is 151 Å². The third-order valence-corrected chi connectivity index (χ3v) is 3.98. The highest BCUT2D eigenvalue weighted by Gasteiger charge is 2.47. The maximum Gasteiger partial charge on any atom is 0.290 e. The van der Waals surface area contributed by atoms with Crippen molar-refractivity contribution in [1.82, 2.24) is 21.2 Å². The minimum Gasteiger partial charge on any atom is -0.293 e. The summed E-state index contributed by atoms with van der Waals surface area (Å²) in [4.78, 5) is 45.6. The molecule has 1 rings (SSSR count). The lowest BCUT2D eigenvalue weighted by molar-refractivity contribution is -0.694. The molecule has 0 saturated carbocycles. The number of alkyl halides is 6. The highest BCUT2D eigenvalue weighted by Crippen LogP contribution is 2.31. The molecule has 0 aliphatic carbocycles. The normalized spacial score (nSPS) is 22.4. The molecule has 1 heterocycles. The lowest BCUT2D eigenvalue weighted by Gasteiger charge is -2.34. The Bertz CT molecular complexity index is 546. The number of halogens is 6. The average molecular weight is 497 g/mol. The molecule has 0 aromatic carbocycles. The number of amides is 1. The van der Waals surface area contributed by atoms with Gasteiger partial charge in [0.1, 0.15) is 12.6 Å². The molecule has 1 amide bonds. The van der Waals surface area contributed by atoms with E-state index < -0.39 is 54.3 Å². The monoisotopic (exact) mass is 494 g/mol. The number of ketones is 1. The summed E-state index contributed by atoms with van der Waals surface area (Å²) in [5.41, 5.74) is 3.83. The zero-order valence-electron chi connectivity index (χ0n) is 12.1. The van der Waals surface area contributed by atoms with Crippen molar-refractivity contribution >= 4 is 81.3 Å². The maximum atomic E-state index is 12.1. The molecule has 148 valence electrons. The van der Waals surface area contributed by atoms with Gasteiger partial charge in [-0.25, -0.2) is 15.1 Å². The molecule has 1 saturated heterocycles. The van der Waals surface area contributed by atoms with Crippen molar-refractivity contribution in [3.63, 3.8) is 0 Å². The van der Waals surface area contributed by atoms with Crippen molar-refractivity contribution in [3.05, 3.63) is 20.2 Å². The Morgan fingerprint density at radius 3 is 1.96 bits per heavy atom. The lowest BCUT2D eigenvalue weighted by Crippen LogP contribution is -2.68. The molecule has 2 N–H and O–H groups in total. The molecular weight excluding hydrogens is 489 g/mol. The lowest BCUT2D eigenvalue weighted by atomic mass is 10.0. The zero-order valence-corrected chi connectivity index (χ0v) is 16.6. The number of nitrogens with one attached hydrogen (secondary N) is 2. The smallest absolute Gasteiger partial charge is 0.290 e. The van der Waals surface area contributed by atoms with Gasteiger partial charge in [-0.3, -0.25) is 19.7 Å². The molecule has 0 spiro atoms. The van der Waals surface area contributed by atoms with Gasteiger partial charge < -0.3 is 0 Å². The molecule has 26 heavy (non-hydrogen) atoms. The van der Waals surface area contributed by atoms with Crippen LogP contribution in [0, 0.1) is 20.2 Å². The molecule has 0 radical (unpaired) electrons. The fourth-order valence-electron chi connectivity index (χ4n) is 1.82. The first-order valence-electron chi connectivity index (χ1n) is 6.24. The Balaban J connectivity index is 3.24. The average Bonchev–Trinajstić information content (AvgIpc) is 2.43.